The highest BCUT2D eigenvalue weighted by atomic mass is 35.5. The summed E-state index contributed by atoms with van der Waals surface area (Å²) < 4.78 is 6.39. The van der Waals surface area contributed by atoms with Gasteiger partial charge < -0.3 is 20.3 Å². The van der Waals surface area contributed by atoms with Gasteiger partial charge in [-0.15, -0.1) is 0 Å². The van der Waals surface area contributed by atoms with Crippen LogP contribution in [0.15, 0.2) is 30.4 Å². The van der Waals surface area contributed by atoms with Crippen molar-refractivity contribution in [2.45, 2.75) is 76.2 Å². The second-order valence-electron chi connectivity index (χ2n) is 10.9. The maximum atomic E-state index is 13.9. The largest absolute Gasteiger partial charge is 0.359 e. The van der Waals surface area contributed by atoms with Crippen LogP contribution >= 0.6 is 23.2 Å². The van der Waals surface area contributed by atoms with Crippen LogP contribution in [0.2, 0.25) is 10.0 Å². The van der Waals surface area contributed by atoms with Gasteiger partial charge in [0.05, 0.1) is 17.9 Å². The van der Waals surface area contributed by atoms with Gasteiger partial charge in [-0.25, -0.2) is 0 Å². The van der Waals surface area contributed by atoms with Crippen molar-refractivity contribution < 1.29 is 19.1 Å². The molecule has 1 spiro atoms. The zero-order chi connectivity index (χ0) is 25.6. The lowest BCUT2D eigenvalue weighted by atomic mass is 9.74. The number of rotatable bonds is 7. The van der Waals surface area contributed by atoms with Crippen LogP contribution < -0.4 is 10.6 Å². The Hall–Kier alpha value is -2.09. The molecule has 9 heteroatoms. The minimum absolute atomic E-state index is 0.109. The first-order valence-electron chi connectivity index (χ1n) is 12.9. The molecule has 2 N–H and O–H groups in total. The molecule has 194 valence electrons. The molecular weight excluding hydrogens is 501 g/mol. The van der Waals surface area contributed by atoms with Crippen LogP contribution in [-0.2, 0) is 19.1 Å². The summed E-state index contributed by atoms with van der Waals surface area (Å²) in [4.78, 5) is 42.8. The molecule has 3 fully saturated rings. The molecule has 3 aliphatic heterocycles. The van der Waals surface area contributed by atoms with Crippen LogP contribution in [0.5, 0.6) is 0 Å². The smallest absolute Gasteiger partial charge is 0.246 e. The number of carbonyl (C=O) groups is 3. The summed E-state index contributed by atoms with van der Waals surface area (Å²) in [5.41, 5.74) is -0.696. The van der Waals surface area contributed by atoms with Crippen molar-refractivity contribution in [1.29, 1.82) is 0 Å². The zero-order valence-electron chi connectivity index (χ0n) is 20.6. The molecular formula is C27H33Cl2N3O4. The summed E-state index contributed by atoms with van der Waals surface area (Å²) in [7, 11) is 0. The Morgan fingerprint density at radius 2 is 1.81 bits per heavy atom. The van der Waals surface area contributed by atoms with Gasteiger partial charge in [0, 0.05) is 28.3 Å². The average Bonchev–Trinajstić information content (AvgIpc) is 3.45. The van der Waals surface area contributed by atoms with Gasteiger partial charge in [-0.05, 0) is 43.4 Å². The van der Waals surface area contributed by atoms with E-state index < -0.39 is 29.6 Å². The van der Waals surface area contributed by atoms with E-state index in [0.29, 0.717) is 28.2 Å². The molecule has 4 aliphatic rings. The number of fused-ring (bicyclic) bond motifs is 1. The topological polar surface area (TPSA) is 87.7 Å². The first-order chi connectivity index (χ1) is 17.2. The number of anilines is 1. The van der Waals surface area contributed by atoms with E-state index in [9.17, 15) is 14.4 Å². The van der Waals surface area contributed by atoms with Crippen molar-refractivity contribution in [3.8, 4) is 0 Å². The van der Waals surface area contributed by atoms with E-state index in [-0.39, 0.29) is 23.8 Å². The monoisotopic (exact) mass is 533 g/mol. The Morgan fingerprint density at radius 3 is 2.47 bits per heavy atom. The maximum absolute atomic E-state index is 13.9. The fraction of sp³-hybridized carbons (Fsp3) is 0.593. The average molecular weight is 534 g/mol. The molecule has 5 rings (SSSR count). The third-order valence-corrected chi connectivity index (χ3v) is 8.39. The van der Waals surface area contributed by atoms with Gasteiger partial charge in [0.15, 0.2) is 0 Å². The Bertz CT molecular complexity index is 1070. The highest BCUT2D eigenvalue weighted by Gasteiger charge is 2.72. The predicted octanol–water partition coefficient (Wildman–Crippen LogP) is 4.58. The quantitative estimate of drug-likeness (QED) is 0.502. The molecule has 0 aromatic heterocycles. The molecule has 0 unspecified atom stereocenters. The number of nitrogens with one attached hydrogen (secondary N) is 2. The van der Waals surface area contributed by atoms with Crippen molar-refractivity contribution in [3.63, 3.8) is 0 Å². The number of halogens is 2. The number of likely N-dealkylation sites (tertiary alicyclic amines) is 1. The number of ether oxygens (including phenoxy) is 1. The van der Waals surface area contributed by atoms with Gasteiger partial charge in [-0.2, -0.15) is 0 Å². The lowest BCUT2D eigenvalue weighted by molar-refractivity contribution is -0.141. The molecule has 1 aromatic carbocycles. The number of benzene rings is 1. The van der Waals surface area contributed by atoms with Crippen molar-refractivity contribution in [1.82, 2.24) is 10.2 Å². The third kappa shape index (κ3) is 4.54. The second-order valence-corrected chi connectivity index (χ2v) is 11.8. The summed E-state index contributed by atoms with van der Waals surface area (Å²) in [6.45, 7) is 4.62. The number of amides is 3. The SMILES string of the molecule is CC(C)CCN1C(=O)[C@@H]2[C@H](C(=O)Nc3cc(Cl)cc(Cl)c3)[C@@H]3C=C[C@@]2(O3)[C@H]1C(=O)NC1CCCCC1. The van der Waals surface area contributed by atoms with E-state index in [4.69, 9.17) is 27.9 Å². The Kier molecular flexibility index (Phi) is 7.09. The Balaban J connectivity index is 1.43. The van der Waals surface area contributed by atoms with E-state index in [0.717, 1.165) is 32.1 Å². The molecule has 2 saturated heterocycles. The Morgan fingerprint density at radius 1 is 1.11 bits per heavy atom. The van der Waals surface area contributed by atoms with Crippen LogP contribution in [0.25, 0.3) is 0 Å². The van der Waals surface area contributed by atoms with Gasteiger partial charge in [-0.3, -0.25) is 14.4 Å². The molecule has 3 amide bonds. The van der Waals surface area contributed by atoms with Crippen molar-refractivity contribution >= 4 is 46.6 Å². The number of hydrogen-bond acceptors (Lipinski definition) is 4. The summed E-state index contributed by atoms with van der Waals surface area (Å²) >= 11 is 12.2. The fourth-order valence-corrected chi connectivity index (χ4v) is 6.81. The standard InChI is InChI=1S/C27H33Cl2N3O4/c1-15(2)9-11-32-23(25(34)30-18-6-4-3-5-7-18)27-10-8-20(36-27)21(22(27)26(32)35)24(33)31-19-13-16(28)12-17(29)14-19/h8,10,12-15,18,20-23H,3-7,9,11H2,1-2H3,(H,30,34)(H,31,33)/t20-,21+,22-,23+,27-/m0/s1. The molecule has 3 heterocycles. The predicted molar refractivity (Wildman–Crippen MR) is 139 cm³/mol. The highest BCUT2D eigenvalue weighted by molar-refractivity contribution is 6.35. The molecule has 5 atom stereocenters. The van der Waals surface area contributed by atoms with E-state index in [1.807, 2.05) is 12.2 Å². The second kappa shape index (κ2) is 9.99. The molecule has 36 heavy (non-hydrogen) atoms. The zero-order valence-corrected chi connectivity index (χ0v) is 22.1. The first kappa shape index (κ1) is 25.6. The van der Waals surface area contributed by atoms with Crippen LogP contribution in [0.4, 0.5) is 5.69 Å². The fourth-order valence-electron chi connectivity index (χ4n) is 6.28. The maximum Gasteiger partial charge on any atom is 0.246 e. The molecule has 1 aromatic rings. The normalized spacial score (nSPS) is 31.2. The van der Waals surface area contributed by atoms with E-state index in [1.54, 1.807) is 23.1 Å². The van der Waals surface area contributed by atoms with Crippen LogP contribution in [-0.4, -0.2) is 53.0 Å². The van der Waals surface area contributed by atoms with Crippen LogP contribution in [0.1, 0.15) is 52.4 Å². The number of carbonyl (C=O) groups excluding carboxylic acids is 3. The van der Waals surface area contributed by atoms with E-state index in [2.05, 4.69) is 24.5 Å². The third-order valence-electron chi connectivity index (χ3n) is 7.95. The van der Waals surface area contributed by atoms with E-state index >= 15 is 0 Å². The Labute approximate surface area is 221 Å². The van der Waals surface area contributed by atoms with Gasteiger partial charge >= 0.3 is 0 Å². The number of hydrogen-bond donors (Lipinski definition) is 2. The molecule has 1 aliphatic carbocycles. The molecule has 2 bridgehead atoms. The van der Waals surface area contributed by atoms with Crippen molar-refractivity contribution in [3.05, 3.63) is 40.4 Å². The van der Waals surface area contributed by atoms with Gasteiger partial charge in [-0.1, -0.05) is 68.5 Å². The van der Waals surface area contributed by atoms with E-state index in [1.165, 1.54) is 6.42 Å². The van der Waals surface area contributed by atoms with Crippen LogP contribution in [0, 0.1) is 17.8 Å². The molecule has 0 radical (unpaired) electrons. The minimum atomic E-state index is -1.15. The van der Waals surface area contributed by atoms with Crippen molar-refractivity contribution in [2.24, 2.45) is 17.8 Å². The van der Waals surface area contributed by atoms with Gasteiger partial charge in [0.25, 0.3) is 0 Å². The lowest BCUT2D eigenvalue weighted by Crippen LogP contribution is -2.56. The van der Waals surface area contributed by atoms with Gasteiger partial charge in [0.2, 0.25) is 17.7 Å². The van der Waals surface area contributed by atoms with Gasteiger partial charge in [0.1, 0.15) is 11.6 Å². The molecule has 7 nitrogen and oxygen atoms in total. The van der Waals surface area contributed by atoms with Crippen LogP contribution in [0.3, 0.4) is 0 Å². The lowest BCUT2D eigenvalue weighted by Gasteiger charge is -2.34. The summed E-state index contributed by atoms with van der Waals surface area (Å²) in [5, 5.41) is 6.87. The summed E-state index contributed by atoms with van der Waals surface area (Å²) in [6.07, 6.45) is 9.11. The number of nitrogens with zero attached hydrogens (tertiary/aromatic N) is 1. The minimum Gasteiger partial charge on any atom is -0.359 e. The highest BCUT2D eigenvalue weighted by Crippen LogP contribution is 2.55. The molecule has 1 saturated carbocycles. The van der Waals surface area contributed by atoms with Crippen molar-refractivity contribution in [2.75, 3.05) is 11.9 Å². The summed E-state index contributed by atoms with van der Waals surface area (Å²) in [5.74, 6) is -1.90. The first-order valence-corrected chi connectivity index (χ1v) is 13.7. The summed E-state index contributed by atoms with van der Waals surface area (Å²) in [6, 6.07) is 4.11.